The smallest absolute Gasteiger partial charge is 0.144 e. The van der Waals surface area contributed by atoms with Crippen LogP contribution in [0.4, 0.5) is 17.1 Å². The Labute approximate surface area is 328 Å². The second kappa shape index (κ2) is 15.6. The number of anilines is 3. The molecule has 1 heterocycles. The molecule has 8 aromatic carbocycles. The van der Waals surface area contributed by atoms with Crippen molar-refractivity contribution in [2.75, 3.05) is 17.3 Å². The molecule has 0 bridgehead atoms. The van der Waals surface area contributed by atoms with Gasteiger partial charge in [0.1, 0.15) is 12.0 Å². The third-order valence-electron chi connectivity index (χ3n) is 10.3. The Morgan fingerprint density at radius 2 is 0.982 bits per heavy atom. The first-order valence-electron chi connectivity index (χ1n) is 19.0. The van der Waals surface area contributed by atoms with Gasteiger partial charge in [-0.1, -0.05) is 188 Å². The Bertz CT molecular complexity index is 2560. The first-order chi connectivity index (χ1) is 27.7. The van der Waals surface area contributed by atoms with Crippen LogP contribution in [-0.2, 0) is 0 Å². The molecule has 2 unspecified atom stereocenters. The highest BCUT2D eigenvalue weighted by Crippen LogP contribution is 2.50. The Morgan fingerprint density at radius 3 is 1.61 bits per heavy atom. The van der Waals surface area contributed by atoms with Crippen LogP contribution in [0.25, 0.3) is 44.5 Å². The Hall–Kier alpha value is -7.21. The molecule has 5 nitrogen and oxygen atoms in total. The fourth-order valence-corrected chi connectivity index (χ4v) is 7.59. The van der Waals surface area contributed by atoms with Crippen LogP contribution in [-0.4, -0.2) is 22.5 Å². The molecule has 0 aromatic heterocycles. The minimum Gasteiger partial charge on any atom is -0.370 e. The molecule has 1 aliphatic rings. The molecular formula is C51H41N5. The van der Waals surface area contributed by atoms with Crippen molar-refractivity contribution in [2.24, 2.45) is 0 Å². The number of nitrogens with one attached hydrogen (secondary N) is 3. The van der Waals surface area contributed by atoms with E-state index in [2.05, 4.69) is 191 Å². The van der Waals surface area contributed by atoms with Crippen molar-refractivity contribution in [1.29, 1.82) is 5.41 Å². The van der Waals surface area contributed by atoms with Gasteiger partial charge >= 0.3 is 0 Å². The largest absolute Gasteiger partial charge is 0.370 e. The summed E-state index contributed by atoms with van der Waals surface area (Å²) in [6.07, 6.45) is -0.0776. The topological polar surface area (TPSA) is 53.9 Å². The van der Waals surface area contributed by atoms with E-state index in [0.29, 0.717) is 12.5 Å². The molecule has 2 atom stereocenters. The predicted molar refractivity (Wildman–Crippen MR) is 233 cm³/mol. The van der Waals surface area contributed by atoms with Crippen molar-refractivity contribution in [3.63, 3.8) is 0 Å². The number of hydrogen-bond acceptors (Lipinski definition) is 4. The first kappa shape index (κ1) is 34.6. The molecule has 270 valence electrons. The lowest BCUT2D eigenvalue weighted by molar-refractivity contribution is 0.424. The van der Waals surface area contributed by atoms with Crippen LogP contribution < -0.4 is 10.6 Å². The summed E-state index contributed by atoms with van der Waals surface area (Å²) in [7, 11) is 0. The van der Waals surface area contributed by atoms with E-state index in [4.69, 9.17) is 0 Å². The lowest BCUT2D eigenvalue weighted by Crippen LogP contribution is -2.21. The van der Waals surface area contributed by atoms with Crippen LogP contribution in [0.15, 0.2) is 212 Å². The molecule has 56 heavy (non-hydrogen) atoms. The molecule has 9 rings (SSSR count). The van der Waals surface area contributed by atoms with Gasteiger partial charge in [0, 0.05) is 33.6 Å². The number of hydrazine groups is 1. The fourth-order valence-electron chi connectivity index (χ4n) is 7.59. The Kier molecular flexibility index (Phi) is 9.65. The summed E-state index contributed by atoms with van der Waals surface area (Å²) in [6, 6.07) is 73.9. The maximum Gasteiger partial charge on any atom is 0.144 e. The Morgan fingerprint density at radius 1 is 0.482 bits per heavy atom. The average Bonchev–Trinajstić information content (AvgIpc) is 4.01. The maximum atomic E-state index is 9.28. The zero-order valence-corrected chi connectivity index (χ0v) is 30.9. The van der Waals surface area contributed by atoms with Gasteiger partial charge in [-0.2, -0.15) is 5.01 Å². The molecule has 0 saturated carbocycles. The summed E-state index contributed by atoms with van der Waals surface area (Å²) in [6.45, 7) is 0.484. The van der Waals surface area contributed by atoms with Gasteiger partial charge in [0.15, 0.2) is 0 Å². The van der Waals surface area contributed by atoms with E-state index in [1.54, 1.807) is 0 Å². The minimum absolute atomic E-state index is 0.0776. The molecule has 8 aromatic rings. The molecule has 5 heteroatoms. The van der Waals surface area contributed by atoms with Gasteiger partial charge in [-0.15, -0.1) is 0 Å². The molecule has 3 N–H and O–H groups in total. The van der Waals surface area contributed by atoms with Crippen molar-refractivity contribution in [1.82, 2.24) is 10.0 Å². The average molecular weight is 724 g/mol. The number of hydrogen-bond donors (Lipinski definition) is 3. The zero-order valence-electron chi connectivity index (χ0n) is 30.9. The van der Waals surface area contributed by atoms with Crippen LogP contribution in [0.2, 0.25) is 0 Å². The molecule has 1 fully saturated rings. The van der Waals surface area contributed by atoms with Crippen molar-refractivity contribution in [3.05, 3.63) is 223 Å². The summed E-state index contributed by atoms with van der Waals surface area (Å²) in [5, 5.41) is 21.4. The summed E-state index contributed by atoms with van der Waals surface area (Å²) in [4.78, 5) is 0. The van der Waals surface area contributed by atoms with Crippen LogP contribution in [0.3, 0.4) is 0 Å². The van der Waals surface area contributed by atoms with Crippen LogP contribution in [0.5, 0.6) is 0 Å². The highest BCUT2D eigenvalue weighted by Gasteiger charge is 2.48. The lowest BCUT2D eigenvalue weighted by atomic mass is 9.86. The standard InChI is InChI=1S/C51H41N5/c52-50(40-26-13-4-14-27-40)56-51(41-28-15-5-16-29-41)55(56)36-53-46-35-45(43-31-19-30-42(34-43)37-20-7-1-8-21-37)49(54-44-32-17-6-18-33-44)48(39-24-11-3-12-25-39)47(46)38-22-9-2-10-23-38/h1-35,51-54H,36H2. The number of rotatable bonds is 11. The highest BCUT2D eigenvalue weighted by molar-refractivity contribution is 6.06. The van der Waals surface area contributed by atoms with E-state index in [1.807, 2.05) is 42.5 Å². The fraction of sp³-hybridized carbons (Fsp3) is 0.0392. The van der Waals surface area contributed by atoms with E-state index < -0.39 is 0 Å². The third-order valence-corrected chi connectivity index (χ3v) is 10.3. The van der Waals surface area contributed by atoms with E-state index in [1.165, 1.54) is 5.56 Å². The molecular weight excluding hydrogens is 683 g/mol. The number of para-hydroxylation sites is 1. The molecule has 1 aliphatic heterocycles. The summed E-state index contributed by atoms with van der Waals surface area (Å²) >= 11 is 0. The van der Waals surface area contributed by atoms with Crippen molar-refractivity contribution >= 4 is 22.9 Å². The van der Waals surface area contributed by atoms with Crippen molar-refractivity contribution < 1.29 is 0 Å². The van der Waals surface area contributed by atoms with Crippen LogP contribution >= 0.6 is 0 Å². The van der Waals surface area contributed by atoms with Gasteiger partial charge in [-0.25, -0.2) is 0 Å². The second-order valence-corrected chi connectivity index (χ2v) is 13.9. The van der Waals surface area contributed by atoms with Gasteiger partial charge in [0.2, 0.25) is 0 Å². The van der Waals surface area contributed by atoms with Gasteiger partial charge in [-0.05, 0) is 57.6 Å². The van der Waals surface area contributed by atoms with Crippen molar-refractivity contribution in [3.8, 4) is 44.5 Å². The van der Waals surface area contributed by atoms with Crippen molar-refractivity contribution in [2.45, 2.75) is 6.17 Å². The lowest BCUT2D eigenvalue weighted by Gasteiger charge is -2.25. The molecule has 0 spiro atoms. The maximum absolute atomic E-state index is 9.28. The van der Waals surface area contributed by atoms with E-state index >= 15 is 0 Å². The van der Waals surface area contributed by atoms with Gasteiger partial charge < -0.3 is 10.6 Å². The molecule has 0 radical (unpaired) electrons. The van der Waals surface area contributed by atoms with Gasteiger partial charge in [0.05, 0.1) is 12.4 Å². The number of amidine groups is 1. The predicted octanol–water partition coefficient (Wildman–Crippen LogP) is 12.7. The third kappa shape index (κ3) is 7.07. The van der Waals surface area contributed by atoms with Crippen LogP contribution in [0.1, 0.15) is 17.3 Å². The number of benzene rings is 8. The van der Waals surface area contributed by atoms with E-state index in [-0.39, 0.29) is 6.17 Å². The quantitative estimate of drug-likeness (QED) is 0.0706. The molecule has 0 amide bonds. The Balaban J connectivity index is 1.23. The summed E-state index contributed by atoms with van der Waals surface area (Å²) in [5.74, 6) is 0.468. The summed E-state index contributed by atoms with van der Waals surface area (Å²) < 4.78 is 0. The first-order valence-corrected chi connectivity index (χ1v) is 19.0. The zero-order chi connectivity index (χ0) is 37.7. The number of nitrogens with zero attached hydrogens (tertiary/aromatic N) is 2. The SMILES string of the molecule is N=C(c1ccccc1)N1C(c2ccccc2)N1CNc1cc(-c2cccc(-c3ccccc3)c2)c(Nc2ccccc2)c(-c2ccccc2)c1-c1ccccc1. The molecule has 1 saturated heterocycles. The molecule has 0 aliphatic carbocycles. The minimum atomic E-state index is -0.0776. The summed E-state index contributed by atoms with van der Waals surface area (Å²) in [5.41, 5.74) is 14.0. The van der Waals surface area contributed by atoms with E-state index in [0.717, 1.165) is 67.1 Å². The monoisotopic (exact) mass is 723 g/mol. The van der Waals surface area contributed by atoms with Gasteiger partial charge in [-0.3, -0.25) is 10.4 Å². The van der Waals surface area contributed by atoms with E-state index in [9.17, 15) is 5.41 Å². The van der Waals surface area contributed by atoms with Gasteiger partial charge in [0.25, 0.3) is 0 Å². The van der Waals surface area contributed by atoms with Crippen LogP contribution in [0, 0.1) is 5.41 Å². The highest BCUT2D eigenvalue weighted by atomic mass is 15.9. The normalized spacial score (nSPS) is 14.5. The second-order valence-electron chi connectivity index (χ2n) is 13.9.